The molecule has 2 aromatic rings. The van der Waals surface area contributed by atoms with Crippen molar-refractivity contribution >= 4 is 23.2 Å². The van der Waals surface area contributed by atoms with E-state index in [4.69, 9.17) is 0 Å². The Morgan fingerprint density at radius 2 is 2.17 bits per heavy atom. The van der Waals surface area contributed by atoms with Crippen LogP contribution in [0.2, 0.25) is 0 Å². The van der Waals surface area contributed by atoms with Gasteiger partial charge in [0.05, 0.1) is 19.2 Å². The maximum absolute atomic E-state index is 12.2. The number of nitrogens with zero attached hydrogens (tertiary/aromatic N) is 2. The van der Waals surface area contributed by atoms with Gasteiger partial charge in [-0.2, -0.15) is 0 Å². The number of esters is 1. The number of hydrogen-bond donors (Lipinski definition) is 1. The first-order valence-electron chi connectivity index (χ1n) is 7.33. The normalized spacial score (nSPS) is 10.4. The number of hydrogen-bond acceptors (Lipinski definition) is 6. The number of carbonyl (C=O) groups is 2. The van der Waals surface area contributed by atoms with Crippen molar-refractivity contribution < 1.29 is 14.3 Å². The molecule has 1 amide bonds. The van der Waals surface area contributed by atoms with Gasteiger partial charge in [-0.15, -0.1) is 11.3 Å². The molecule has 0 fully saturated rings. The second-order valence-electron chi connectivity index (χ2n) is 4.90. The molecule has 2 heterocycles. The smallest absolute Gasteiger partial charge is 0.307 e. The zero-order valence-corrected chi connectivity index (χ0v) is 14.2. The van der Waals surface area contributed by atoms with Crippen LogP contribution in [0.3, 0.4) is 0 Å². The number of nitrogens with one attached hydrogen (secondary N) is 1. The highest BCUT2D eigenvalue weighted by Crippen LogP contribution is 2.28. The van der Waals surface area contributed by atoms with Crippen molar-refractivity contribution in [3.05, 3.63) is 34.6 Å². The van der Waals surface area contributed by atoms with Crippen LogP contribution < -0.4 is 5.32 Å². The number of aromatic nitrogens is 2. The first-order chi connectivity index (χ1) is 11.0. The molecule has 0 aliphatic heterocycles. The number of ether oxygens (including phenoxy) is 1. The van der Waals surface area contributed by atoms with E-state index in [1.807, 2.05) is 19.1 Å². The molecule has 23 heavy (non-hydrogen) atoms. The van der Waals surface area contributed by atoms with E-state index in [1.165, 1.54) is 18.4 Å². The van der Waals surface area contributed by atoms with Gasteiger partial charge in [0.1, 0.15) is 9.88 Å². The quantitative estimate of drug-likeness (QED) is 0.821. The van der Waals surface area contributed by atoms with E-state index in [0.29, 0.717) is 10.6 Å². The summed E-state index contributed by atoms with van der Waals surface area (Å²) in [7, 11) is 1.32. The minimum absolute atomic E-state index is 0.150. The van der Waals surface area contributed by atoms with Gasteiger partial charge in [0.15, 0.2) is 0 Å². The van der Waals surface area contributed by atoms with Crippen LogP contribution in [0, 0.1) is 6.92 Å². The van der Waals surface area contributed by atoms with Gasteiger partial charge >= 0.3 is 5.97 Å². The van der Waals surface area contributed by atoms with Crippen molar-refractivity contribution in [3.63, 3.8) is 0 Å². The molecule has 0 saturated heterocycles. The number of aryl methyl sites for hydroxylation is 2. The van der Waals surface area contributed by atoms with E-state index in [0.717, 1.165) is 22.7 Å². The van der Waals surface area contributed by atoms with Gasteiger partial charge in [-0.1, -0.05) is 6.92 Å². The van der Waals surface area contributed by atoms with E-state index in [2.05, 4.69) is 20.0 Å². The highest BCUT2D eigenvalue weighted by molar-refractivity contribution is 7.17. The molecule has 0 aliphatic rings. The molecule has 7 heteroatoms. The molecule has 2 rings (SSSR count). The second kappa shape index (κ2) is 7.82. The fraction of sp³-hybridized carbons (Fsp3) is 0.375. The number of rotatable bonds is 6. The standard InChI is InChI=1S/C16H19N3O3S/c1-4-12-9-11(5-7-17-12)16-19-10(2)14(23-16)15(21)18-8-6-13(20)22-3/h5,7,9H,4,6,8H2,1-3H3,(H,18,21). The predicted octanol–water partition coefficient (Wildman–Crippen LogP) is 2.37. The molecule has 0 aliphatic carbocycles. The number of methoxy groups -OCH3 is 1. The summed E-state index contributed by atoms with van der Waals surface area (Å²) < 4.78 is 4.54. The minimum Gasteiger partial charge on any atom is -0.469 e. The van der Waals surface area contributed by atoms with Crippen molar-refractivity contribution in [2.75, 3.05) is 13.7 Å². The van der Waals surface area contributed by atoms with E-state index in [9.17, 15) is 9.59 Å². The zero-order chi connectivity index (χ0) is 16.8. The van der Waals surface area contributed by atoms with Crippen LogP contribution in [-0.2, 0) is 16.0 Å². The summed E-state index contributed by atoms with van der Waals surface area (Å²) in [5.74, 6) is -0.573. The Morgan fingerprint density at radius 1 is 1.39 bits per heavy atom. The second-order valence-corrected chi connectivity index (χ2v) is 5.90. The molecule has 6 nitrogen and oxygen atoms in total. The Morgan fingerprint density at radius 3 is 2.87 bits per heavy atom. The summed E-state index contributed by atoms with van der Waals surface area (Å²) in [6, 6.07) is 3.87. The van der Waals surface area contributed by atoms with Crippen molar-refractivity contribution in [2.24, 2.45) is 0 Å². The largest absolute Gasteiger partial charge is 0.469 e. The molecule has 1 N–H and O–H groups in total. The van der Waals surface area contributed by atoms with E-state index in [-0.39, 0.29) is 24.8 Å². The monoisotopic (exact) mass is 333 g/mol. The molecule has 0 radical (unpaired) electrons. The topological polar surface area (TPSA) is 81.2 Å². The van der Waals surface area contributed by atoms with Crippen LogP contribution in [-0.4, -0.2) is 35.5 Å². The number of carbonyl (C=O) groups excluding carboxylic acids is 2. The Balaban J connectivity index is 2.11. The highest BCUT2D eigenvalue weighted by Gasteiger charge is 2.16. The third kappa shape index (κ3) is 4.35. The molecule has 0 aromatic carbocycles. The summed E-state index contributed by atoms with van der Waals surface area (Å²) in [4.78, 5) is 32.6. The lowest BCUT2D eigenvalue weighted by molar-refractivity contribution is -0.140. The Hall–Kier alpha value is -2.28. The van der Waals surface area contributed by atoms with Crippen LogP contribution in [0.25, 0.3) is 10.6 Å². The molecule has 0 saturated carbocycles. The maximum atomic E-state index is 12.2. The van der Waals surface area contributed by atoms with Gasteiger partial charge in [0.25, 0.3) is 5.91 Å². The van der Waals surface area contributed by atoms with Crippen molar-refractivity contribution in [3.8, 4) is 10.6 Å². The molecule has 0 bridgehead atoms. The Labute approximate surface area is 138 Å². The maximum Gasteiger partial charge on any atom is 0.307 e. The van der Waals surface area contributed by atoms with Gasteiger partial charge in [0, 0.05) is 24.0 Å². The molecular formula is C16H19N3O3S. The molecular weight excluding hydrogens is 314 g/mol. The van der Waals surface area contributed by atoms with Crippen LogP contribution in [0.15, 0.2) is 18.3 Å². The first kappa shape index (κ1) is 17.1. The van der Waals surface area contributed by atoms with Crippen molar-refractivity contribution in [1.82, 2.24) is 15.3 Å². The lowest BCUT2D eigenvalue weighted by Crippen LogP contribution is -2.26. The average molecular weight is 333 g/mol. The average Bonchev–Trinajstić information content (AvgIpc) is 2.96. The summed E-state index contributed by atoms with van der Waals surface area (Å²) in [5, 5.41) is 3.50. The molecule has 0 atom stereocenters. The van der Waals surface area contributed by atoms with Gasteiger partial charge < -0.3 is 10.1 Å². The number of thiazole rings is 1. The van der Waals surface area contributed by atoms with Gasteiger partial charge in [-0.3, -0.25) is 14.6 Å². The molecule has 2 aromatic heterocycles. The van der Waals surface area contributed by atoms with Crippen LogP contribution in [0.4, 0.5) is 0 Å². The van der Waals surface area contributed by atoms with Crippen LogP contribution >= 0.6 is 11.3 Å². The third-order valence-electron chi connectivity index (χ3n) is 3.27. The molecule has 0 unspecified atom stereocenters. The number of amides is 1. The van der Waals surface area contributed by atoms with E-state index < -0.39 is 0 Å². The highest BCUT2D eigenvalue weighted by atomic mass is 32.1. The summed E-state index contributed by atoms with van der Waals surface area (Å²) in [6.07, 6.45) is 2.75. The third-order valence-corrected chi connectivity index (χ3v) is 4.48. The predicted molar refractivity (Wildman–Crippen MR) is 88.4 cm³/mol. The van der Waals surface area contributed by atoms with E-state index >= 15 is 0 Å². The molecule has 0 spiro atoms. The van der Waals surface area contributed by atoms with Crippen LogP contribution in [0.5, 0.6) is 0 Å². The van der Waals surface area contributed by atoms with Crippen LogP contribution in [0.1, 0.15) is 34.4 Å². The Kier molecular flexibility index (Phi) is 5.81. The lowest BCUT2D eigenvalue weighted by Gasteiger charge is -2.02. The summed E-state index contributed by atoms with van der Waals surface area (Å²) in [6.45, 7) is 4.09. The number of pyridine rings is 1. The van der Waals surface area contributed by atoms with Crippen molar-refractivity contribution in [1.29, 1.82) is 0 Å². The first-order valence-corrected chi connectivity index (χ1v) is 8.14. The Bertz CT molecular complexity index is 712. The van der Waals surface area contributed by atoms with Crippen molar-refractivity contribution in [2.45, 2.75) is 26.7 Å². The SMILES string of the molecule is CCc1cc(-c2nc(C)c(C(=O)NCCC(=O)OC)s2)ccn1. The van der Waals surface area contributed by atoms with E-state index in [1.54, 1.807) is 13.1 Å². The molecule has 122 valence electrons. The van der Waals surface area contributed by atoms with Gasteiger partial charge in [-0.05, 0) is 25.5 Å². The van der Waals surface area contributed by atoms with Gasteiger partial charge in [0.2, 0.25) is 0 Å². The zero-order valence-electron chi connectivity index (χ0n) is 13.4. The fourth-order valence-corrected chi connectivity index (χ4v) is 2.97. The van der Waals surface area contributed by atoms with Gasteiger partial charge in [-0.25, -0.2) is 4.98 Å². The summed E-state index contributed by atoms with van der Waals surface area (Å²) in [5.41, 5.74) is 2.62. The fourth-order valence-electron chi connectivity index (χ4n) is 2.00. The lowest BCUT2D eigenvalue weighted by atomic mass is 10.2. The minimum atomic E-state index is -0.351. The summed E-state index contributed by atoms with van der Waals surface area (Å²) >= 11 is 1.34.